The molecule has 1 aromatic rings. The number of piperidine rings is 1. The van der Waals surface area contributed by atoms with Crippen LogP contribution < -0.4 is 10.2 Å². The molecule has 2 rings (SSSR count). The number of aromatic nitrogens is 2. The van der Waals surface area contributed by atoms with Crippen LogP contribution in [0.5, 0.6) is 0 Å². The normalized spacial score (nSPS) is 24.1. The van der Waals surface area contributed by atoms with E-state index in [0.29, 0.717) is 6.04 Å². The summed E-state index contributed by atoms with van der Waals surface area (Å²) in [5.41, 5.74) is 0. The summed E-state index contributed by atoms with van der Waals surface area (Å²) in [6, 6.07) is 2.64. The Bertz CT molecular complexity index is 383. The highest BCUT2D eigenvalue weighted by molar-refractivity contribution is 5.50. The van der Waals surface area contributed by atoms with E-state index in [1.807, 2.05) is 7.05 Å². The highest BCUT2D eigenvalue weighted by atomic mass is 15.2. The topological polar surface area (TPSA) is 41.1 Å². The van der Waals surface area contributed by atoms with Crippen LogP contribution in [-0.4, -0.2) is 29.6 Å². The lowest BCUT2D eigenvalue weighted by atomic mass is 9.95. The molecule has 100 valence electrons. The summed E-state index contributed by atoms with van der Waals surface area (Å²) in [5, 5.41) is 3.13. The SMILES string of the molecule is CCc1nc(NC)cc(N2CC(C)CCC2C)n1. The van der Waals surface area contributed by atoms with E-state index in [9.17, 15) is 0 Å². The predicted molar refractivity (Wildman–Crippen MR) is 76.2 cm³/mol. The molecule has 4 nitrogen and oxygen atoms in total. The van der Waals surface area contributed by atoms with Crippen LogP contribution >= 0.6 is 0 Å². The highest BCUT2D eigenvalue weighted by Crippen LogP contribution is 2.27. The van der Waals surface area contributed by atoms with Crippen LogP contribution in [0.2, 0.25) is 0 Å². The minimum Gasteiger partial charge on any atom is -0.373 e. The van der Waals surface area contributed by atoms with Crippen molar-refractivity contribution in [3.05, 3.63) is 11.9 Å². The molecular formula is C14H24N4. The smallest absolute Gasteiger partial charge is 0.134 e. The number of nitrogens with one attached hydrogen (secondary N) is 1. The number of rotatable bonds is 3. The summed E-state index contributed by atoms with van der Waals surface area (Å²) >= 11 is 0. The van der Waals surface area contributed by atoms with Gasteiger partial charge in [-0.2, -0.15) is 0 Å². The number of nitrogens with zero attached hydrogens (tertiary/aromatic N) is 3. The van der Waals surface area contributed by atoms with Crippen molar-refractivity contribution in [2.24, 2.45) is 5.92 Å². The molecule has 2 atom stereocenters. The van der Waals surface area contributed by atoms with Crippen LogP contribution in [0.15, 0.2) is 6.07 Å². The second kappa shape index (κ2) is 5.55. The molecule has 0 aromatic carbocycles. The average molecular weight is 248 g/mol. The Kier molecular flexibility index (Phi) is 4.04. The Balaban J connectivity index is 2.30. The molecule has 0 spiro atoms. The van der Waals surface area contributed by atoms with Crippen molar-refractivity contribution in [1.29, 1.82) is 0 Å². The molecule has 1 aliphatic heterocycles. The van der Waals surface area contributed by atoms with Crippen LogP contribution in [0, 0.1) is 5.92 Å². The first kappa shape index (κ1) is 13.1. The van der Waals surface area contributed by atoms with E-state index in [2.05, 4.69) is 47.0 Å². The molecule has 1 saturated heterocycles. The second-order valence-corrected chi connectivity index (χ2v) is 5.32. The van der Waals surface area contributed by atoms with Gasteiger partial charge in [0.05, 0.1) is 0 Å². The molecule has 1 fully saturated rings. The Labute approximate surface area is 110 Å². The standard InChI is InChI=1S/C14H24N4/c1-5-12-16-13(15-4)8-14(17-12)18-9-10(2)6-7-11(18)3/h8,10-11H,5-7,9H2,1-4H3,(H,15,16,17). The van der Waals surface area contributed by atoms with Crippen molar-refractivity contribution < 1.29 is 0 Å². The minimum atomic E-state index is 0.575. The lowest BCUT2D eigenvalue weighted by Crippen LogP contribution is -2.41. The fraction of sp³-hybridized carbons (Fsp3) is 0.714. The van der Waals surface area contributed by atoms with Gasteiger partial charge in [-0.1, -0.05) is 13.8 Å². The Morgan fingerprint density at radius 2 is 2.11 bits per heavy atom. The summed E-state index contributed by atoms with van der Waals surface area (Å²) in [7, 11) is 1.91. The van der Waals surface area contributed by atoms with E-state index < -0.39 is 0 Å². The summed E-state index contributed by atoms with van der Waals surface area (Å²) in [6.45, 7) is 7.81. The van der Waals surface area contributed by atoms with E-state index in [1.165, 1.54) is 12.8 Å². The van der Waals surface area contributed by atoms with Crippen LogP contribution in [0.4, 0.5) is 11.6 Å². The molecule has 1 aromatic heterocycles. The van der Waals surface area contributed by atoms with Gasteiger partial charge in [0.1, 0.15) is 17.5 Å². The van der Waals surface area contributed by atoms with Gasteiger partial charge in [-0.25, -0.2) is 9.97 Å². The number of anilines is 2. The third-order valence-corrected chi connectivity index (χ3v) is 3.74. The molecule has 2 heterocycles. The molecule has 0 radical (unpaired) electrons. The van der Waals surface area contributed by atoms with Gasteiger partial charge in [0.2, 0.25) is 0 Å². The fourth-order valence-corrected chi connectivity index (χ4v) is 2.52. The third-order valence-electron chi connectivity index (χ3n) is 3.74. The lowest BCUT2D eigenvalue weighted by molar-refractivity contribution is 0.388. The molecule has 0 bridgehead atoms. The zero-order valence-electron chi connectivity index (χ0n) is 11.9. The third kappa shape index (κ3) is 2.74. The van der Waals surface area contributed by atoms with Crippen LogP contribution in [0.25, 0.3) is 0 Å². The highest BCUT2D eigenvalue weighted by Gasteiger charge is 2.24. The maximum absolute atomic E-state index is 4.68. The van der Waals surface area contributed by atoms with E-state index in [4.69, 9.17) is 0 Å². The molecule has 1 aliphatic rings. The van der Waals surface area contributed by atoms with Crippen molar-refractivity contribution in [2.75, 3.05) is 23.8 Å². The Hall–Kier alpha value is -1.32. The van der Waals surface area contributed by atoms with E-state index in [-0.39, 0.29) is 0 Å². The summed E-state index contributed by atoms with van der Waals surface area (Å²) in [4.78, 5) is 11.6. The van der Waals surface area contributed by atoms with Crippen LogP contribution in [0.1, 0.15) is 39.4 Å². The maximum Gasteiger partial charge on any atom is 0.134 e. The van der Waals surface area contributed by atoms with Gasteiger partial charge in [-0.05, 0) is 25.7 Å². The lowest BCUT2D eigenvalue weighted by Gasteiger charge is -2.37. The average Bonchev–Trinajstić information content (AvgIpc) is 2.40. The summed E-state index contributed by atoms with van der Waals surface area (Å²) in [5.74, 6) is 3.66. The Morgan fingerprint density at radius 3 is 2.78 bits per heavy atom. The second-order valence-electron chi connectivity index (χ2n) is 5.32. The molecule has 0 aliphatic carbocycles. The van der Waals surface area contributed by atoms with Gasteiger partial charge < -0.3 is 10.2 Å². The van der Waals surface area contributed by atoms with E-state index in [1.54, 1.807) is 0 Å². The molecule has 2 unspecified atom stereocenters. The van der Waals surface area contributed by atoms with Crippen molar-refractivity contribution in [1.82, 2.24) is 9.97 Å². The first-order chi connectivity index (χ1) is 8.63. The molecule has 4 heteroatoms. The van der Waals surface area contributed by atoms with Crippen molar-refractivity contribution in [3.8, 4) is 0 Å². The Morgan fingerprint density at radius 1 is 1.33 bits per heavy atom. The van der Waals surface area contributed by atoms with Crippen molar-refractivity contribution >= 4 is 11.6 Å². The largest absolute Gasteiger partial charge is 0.373 e. The quantitative estimate of drug-likeness (QED) is 0.893. The summed E-state index contributed by atoms with van der Waals surface area (Å²) < 4.78 is 0. The summed E-state index contributed by atoms with van der Waals surface area (Å²) in [6.07, 6.45) is 3.45. The van der Waals surface area contributed by atoms with Crippen LogP contribution in [-0.2, 0) is 6.42 Å². The minimum absolute atomic E-state index is 0.575. The van der Waals surface area contributed by atoms with Gasteiger partial charge in [0.25, 0.3) is 0 Å². The van der Waals surface area contributed by atoms with Gasteiger partial charge >= 0.3 is 0 Å². The van der Waals surface area contributed by atoms with Crippen molar-refractivity contribution in [3.63, 3.8) is 0 Å². The van der Waals surface area contributed by atoms with E-state index in [0.717, 1.165) is 36.3 Å². The zero-order chi connectivity index (χ0) is 13.1. The number of hydrogen-bond acceptors (Lipinski definition) is 4. The molecule has 0 saturated carbocycles. The molecular weight excluding hydrogens is 224 g/mol. The van der Waals surface area contributed by atoms with Gasteiger partial charge in [0, 0.05) is 32.1 Å². The fourth-order valence-electron chi connectivity index (χ4n) is 2.52. The zero-order valence-corrected chi connectivity index (χ0v) is 11.9. The number of aryl methyl sites for hydroxylation is 1. The molecule has 0 amide bonds. The first-order valence-electron chi connectivity index (χ1n) is 6.96. The molecule has 18 heavy (non-hydrogen) atoms. The predicted octanol–water partition coefficient (Wildman–Crippen LogP) is 2.71. The molecule has 1 N–H and O–H groups in total. The van der Waals surface area contributed by atoms with Gasteiger partial charge in [-0.15, -0.1) is 0 Å². The van der Waals surface area contributed by atoms with Crippen LogP contribution in [0.3, 0.4) is 0 Å². The van der Waals surface area contributed by atoms with Gasteiger partial charge in [0.15, 0.2) is 0 Å². The van der Waals surface area contributed by atoms with Gasteiger partial charge in [-0.3, -0.25) is 0 Å². The number of hydrogen-bond donors (Lipinski definition) is 1. The van der Waals surface area contributed by atoms with Crippen molar-refractivity contribution in [2.45, 2.75) is 46.1 Å². The first-order valence-corrected chi connectivity index (χ1v) is 6.96. The van der Waals surface area contributed by atoms with E-state index >= 15 is 0 Å². The monoisotopic (exact) mass is 248 g/mol. The maximum atomic E-state index is 4.68.